The molecule has 3 aliphatic rings. The van der Waals surface area contributed by atoms with Crippen molar-refractivity contribution in [2.45, 2.75) is 51.0 Å². The van der Waals surface area contributed by atoms with Crippen molar-refractivity contribution in [3.05, 3.63) is 71.3 Å². The van der Waals surface area contributed by atoms with E-state index in [1.165, 1.54) is 24.0 Å². The summed E-state index contributed by atoms with van der Waals surface area (Å²) in [6.07, 6.45) is 10.4. The largest absolute Gasteiger partial charge is 0.494 e. The molecule has 3 atom stereocenters. The topological polar surface area (TPSA) is 41.6 Å². The number of ether oxygens (including phenoxy) is 1. The third-order valence-corrected chi connectivity index (χ3v) is 7.05. The van der Waals surface area contributed by atoms with Gasteiger partial charge in [0.15, 0.2) is 0 Å². The van der Waals surface area contributed by atoms with E-state index in [0.717, 1.165) is 49.4 Å². The Bertz CT molecular complexity index is 958. The molecule has 5 rings (SSSR count). The van der Waals surface area contributed by atoms with E-state index < -0.39 is 0 Å². The predicted molar refractivity (Wildman–Crippen MR) is 125 cm³/mol. The second kappa shape index (κ2) is 8.78. The van der Waals surface area contributed by atoms with Crippen LogP contribution in [0.15, 0.2) is 54.6 Å². The summed E-state index contributed by atoms with van der Waals surface area (Å²) in [5.74, 6) is 1.93. The second-order valence-electron chi connectivity index (χ2n) is 8.99. The lowest BCUT2D eigenvalue weighted by molar-refractivity contribution is 0.0761. The number of benzene rings is 2. The Morgan fingerprint density at radius 3 is 2.58 bits per heavy atom. The Labute approximate surface area is 185 Å². The van der Waals surface area contributed by atoms with Crippen LogP contribution in [0.25, 0.3) is 0 Å². The fourth-order valence-corrected chi connectivity index (χ4v) is 5.45. The number of hydrogen-bond donors (Lipinski definition) is 1. The molecule has 2 aromatic carbocycles. The van der Waals surface area contributed by atoms with E-state index in [2.05, 4.69) is 58.8 Å². The number of hydrogen-bond acceptors (Lipinski definition) is 3. The summed E-state index contributed by atoms with van der Waals surface area (Å²) in [4.78, 5) is 15.2. The van der Waals surface area contributed by atoms with Crippen LogP contribution < -0.4 is 10.1 Å². The van der Waals surface area contributed by atoms with E-state index in [0.29, 0.717) is 18.4 Å². The molecule has 31 heavy (non-hydrogen) atoms. The van der Waals surface area contributed by atoms with Crippen molar-refractivity contribution in [3.63, 3.8) is 0 Å². The lowest BCUT2D eigenvalue weighted by Crippen LogP contribution is -2.33. The molecule has 0 radical (unpaired) electrons. The van der Waals surface area contributed by atoms with Crippen LogP contribution in [0.5, 0.6) is 5.75 Å². The molecule has 1 N–H and O–H groups in total. The molecule has 0 aromatic heterocycles. The number of carbonyl (C=O) groups excluding carboxylic acids is 1. The van der Waals surface area contributed by atoms with Gasteiger partial charge in [-0.25, -0.2) is 0 Å². The highest BCUT2D eigenvalue weighted by Gasteiger charge is 2.38. The van der Waals surface area contributed by atoms with Gasteiger partial charge in [-0.15, -0.1) is 0 Å². The standard InChI is InChI=1S/C27H32N2O2/c1-2-31-21-13-10-19(11-14-21)26-23-9-7-8-22(23)24-18-20(12-15-25(24)28-26)27(30)29-16-5-3-4-6-17-29/h7-8,10-15,18,22-23,26,28H,2-6,9,16-17H2,1H3. The van der Waals surface area contributed by atoms with Gasteiger partial charge >= 0.3 is 0 Å². The van der Waals surface area contributed by atoms with E-state index in [4.69, 9.17) is 4.74 Å². The Morgan fingerprint density at radius 1 is 1.06 bits per heavy atom. The maximum absolute atomic E-state index is 13.2. The first-order valence-corrected chi connectivity index (χ1v) is 11.8. The molecular weight excluding hydrogens is 384 g/mol. The molecule has 0 spiro atoms. The number of amides is 1. The van der Waals surface area contributed by atoms with Crippen LogP contribution in [0.3, 0.4) is 0 Å². The van der Waals surface area contributed by atoms with Crippen molar-refractivity contribution in [2.75, 3.05) is 25.0 Å². The van der Waals surface area contributed by atoms with Gasteiger partial charge in [0, 0.05) is 30.3 Å². The summed E-state index contributed by atoms with van der Waals surface area (Å²) < 4.78 is 5.62. The van der Waals surface area contributed by atoms with E-state index in [-0.39, 0.29) is 11.9 Å². The highest BCUT2D eigenvalue weighted by molar-refractivity contribution is 5.95. The summed E-state index contributed by atoms with van der Waals surface area (Å²) in [6.45, 7) is 4.47. The summed E-state index contributed by atoms with van der Waals surface area (Å²) >= 11 is 0. The van der Waals surface area contributed by atoms with Crippen LogP contribution >= 0.6 is 0 Å². The average Bonchev–Trinajstić information content (AvgIpc) is 3.14. The Balaban J connectivity index is 1.41. The number of likely N-dealkylation sites (tertiary alicyclic amines) is 1. The van der Waals surface area contributed by atoms with Gasteiger partial charge in [-0.3, -0.25) is 4.79 Å². The first-order chi connectivity index (χ1) is 15.2. The lowest BCUT2D eigenvalue weighted by Gasteiger charge is -2.38. The van der Waals surface area contributed by atoms with Crippen molar-refractivity contribution < 1.29 is 9.53 Å². The number of anilines is 1. The van der Waals surface area contributed by atoms with E-state index in [1.54, 1.807) is 0 Å². The van der Waals surface area contributed by atoms with Crippen molar-refractivity contribution in [3.8, 4) is 5.75 Å². The zero-order valence-electron chi connectivity index (χ0n) is 18.3. The number of nitrogens with one attached hydrogen (secondary N) is 1. The monoisotopic (exact) mass is 416 g/mol. The van der Waals surface area contributed by atoms with E-state index in [9.17, 15) is 4.79 Å². The molecule has 4 nitrogen and oxygen atoms in total. The second-order valence-corrected chi connectivity index (χ2v) is 8.99. The van der Waals surface area contributed by atoms with Crippen molar-refractivity contribution in [2.24, 2.45) is 5.92 Å². The van der Waals surface area contributed by atoms with Gasteiger partial charge in [0.1, 0.15) is 5.75 Å². The van der Waals surface area contributed by atoms with Crippen molar-refractivity contribution >= 4 is 11.6 Å². The van der Waals surface area contributed by atoms with Crippen LogP contribution in [0.4, 0.5) is 5.69 Å². The molecule has 2 aliphatic heterocycles. The van der Waals surface area contributed by atoms with Gasteiger partial charge in [0.25, 0.3) is 5.91 Å². The molecule has 1 fully saturated rings. The van der Waals surface area contributed by atoms with Crippen molar-refractivity contribution in [1.82, 2.24) is 4.90 Å². The SMILES string of the molecule is CCOc1ccc(C2Nc3ccc(C(=O)N4CCCCCC4)cc3C3C=CCC32)cc1. The Hall–Kier alpha value is -2.75. The molecule has 1 saturated heterocycles. The molecular formula is C27H32N2O2. The number of carbonyl (C=O) groups is 1. The average molecular weight is 417 g/mol. The number of allylic oxidation sites excluding steroid dienone is 2. The smallest absolute Gasteiger partial charge is 0.253 e. The van der Waals surface area contributed by atoms with Crippen LogP contribution in [0.2, 0.25) is 0 Å². The summed E-state index contributed by atoms with van der Waals surface area (Å²) in [5, 5.41) is 3.79. The van der Waals surface area contributed by atoms with Gasteiger partial charge in [0.2, 0.25) is 0 Å². The highest BCUT2D eigenvalue weighted by Crippen LogP contribution is 2.50. The maximum Gasteiger partial charge on any atom is 0.253 e. The number of nitrogens with zero attached hydrogens (tertiary/aromatic N) is 1. The van der Waals surface area contributed by atoms with E-state index >= 15 is 0 Å². The molecule has 0 saturated carbocycles. The number of rotatable bonds is 4. The Morgan fingerprint density at radius 2 is 1.84 bits per heavy atom. The predicted octanol–water partition coefficient (Wildman–Crippen LogP) is 5.93. The molecule has 2 heterocycles. The fourth-order valence-electron chi connectivity index (χ4n) is 5.45. The van der Waals surface area contributed by atoms with Gasteiger partial charge in [-0.05, 0) is 73.6 Å². The molecule has 0 bridgehead atoms. The summed E-state index contributed by atoms with van der Waals surface area (Å²) in [7, 11) is 0. The summed E-state index contributed by atoms with van der Waals surface area (Å²) in [5.41, 5.74) is 4.54. The zero-order valence-corrected chi connectivity index (χ0v) is 18.3. The van der Waals surface area contributed by atoms with Crippen LogP contribution in [-0.4, -0.2) is 30.5 Å². The quantitative estimate of drug-likeness (QED) is 0.628. The maximum atomic E-state index is 13.2. The molecule has 2 aromatic rings. The third-order valence-electron chi connectivity index (χ3n) is 7.05. The fraction of sp³-hybridized carbons (Fsp3) is 0.444. The van der Waals surface area contributed by atoms with Crippen LogP contribution in [0, 0.1) is 5.92 Å². The first-order valence-electron chi connectivity index (χ1n) is 11.8. The van der Waals surface area contributed by atoms with Gasteiger partial charge in [-0.1, -0.05) is 37.1 Å². The number of fused-ring (bicyclic) bond motifs is 3. The third kappa shape index (κ3) is 3.96. The molecule has 4 heteroatoms. The molecule has 3 unspecified atom stereocenters. The van der Waals surface area contributed by atoms with Crippen molar-refractivity contribution in [1.29, 1.82) is 0 Å². The molecule has 1 aliphatic carbocycles. The highest BCUT2D eigenvalue weighted by atomic mass is 16.5. The normalized spacial score (nSPS) is 24.7. The minimum absolute atomic E-state index is 0.192. The first kappa shape index (κ1) is 20.2. The van der Waals surface area contributed by atoms with Gasteiger partial charge in [0.05, 0.1) is 12.6 Å². The molecule has 162 valence electrons. The lowest BCUT2D eigenvalue weighted by atomic mass is 9.76. The van der Waals surface area contributed by atoms with Crippen LogP contribution in [-0.2, 0) is 0 Å². The van der Waals surface area contributed by atoms with Crippen LogP contribution in [0.1, 0.15) is 72.5 Å². The van der Waals surface area contributed by atoms with E-state index in [1.807, 2.05) is 13.0 Å². The minimum atomic E-state index is 0.192. The van der Waals surface area contributed by atoms with Gasteiger partial charge in [-0.2, -0.15) is 0 Å². The van der Waals surface area contributed by atoms with Gasteiger partial charge < -0.3 is 15.0 Å². The Kier molecular flexibility index (Phi) is 5.71. The minimum Gasteiger partial charge on any atom is -0.494 e. The molecule has 1 amide bonds. The zero-order chi connectivity index (χ0) is 21.2. The summed E-state index contributed by atoms with van der Waals surface area (Å²) in [6, 6.07) is 15.0.